The molecule has 0 saturated carbocycles. The fourth-order valence-electron chi connectivity index (χ4n) is 2.18. The van der Waals surface area contributed by atoms with Gasteiger partial charge in [0.1, 0.15) is 5.82 Å². The number of carbonyl (C=O) groups excluding carboxylic acids is 1. The van der Waals surface area contributed by atoms with E-state index in [9.17, 15) is 9.18 Å². The molecule has 0 N–H and O–H groups in total. The van der Waals surface area contributed by atoms with E-state index >= 15 is 0 Å². The van der Waals surface area contributed by atoms with Crippen molar-refractivity contribution in [2.24, 2.45) is 0 Å². The van der Waals surface area contributed by atoms with Crippen molar-refractivity contribution in [3.8, 4) is 0 Å². The number of hydrogen-bond donors (Lipinski definition) is 0. The summed E-state index contributed by atoms with van der Waals surface area (Å²) in [5.41, 5.74) is 0.913. The zero-order chi connectivity index (χ0) is 14.4. The first-order valence-electron chi connectivity index (χ1n) is 6.41. The molecular formula is C17H14FNO. The first-order valence-corrected chi connectivity index (χ1v) is 6.41. The van der Waals surface area contributed by atoms with Crippen LogP contribution in [-0.2, 0) is 0 Å². The van der Waals surface area contributed by atoms with Crippen molar-refractivity contribution in [2.75, 3.05) is 6.54 Å². The van der Waals surface area contributed by atoms with Crippen molar-refractivity contribution < 1.29 is 9.18 Å². The zero-order valence-electron chi connectivity index (χ0n) is 10.9. The van der Waals surface area contributed by atoms with Gasteiger partial charge in [-0.05, 0) is 17.7 Å². The molecule has 0 radical (unpaired) electrons. The minimum atomic E-state index is -0.513. The standard InChI is InChI=1S/C17H14FNO/c1-19-12-11-14(13-7-3-2-4-8-13)17(20)15-9-5-6-10-16(15)18/h2-10,14H,11-12H2. The third-order valence-electron chi connectivity index (χ3n) is 3.19. The van der Waals surface area contributed by atoms with E-state index in [4.69, 9.17) is 6.57 Å². The van der Waals surface area contributed by atoms with Crippen molar-refractivity contribution in [3.05, 3.63) is 83.0 Å². The highest BCUT2D eigenvalue weighted by Gasteiger charge is 2.24. The Hall–Kier alpha value is -2.47. The molecule has 0 aliphatic heterocycles. The lowest BCUT2D eigenvalue weighted by Crippen LogP contribution is -2.15. The van der Waals surface area contributed by atoms with Gasteiger partial charge in [-0.1, -0.05) is 42.5 Å². The number of ketones is 1. The summed E-state index contributed by atoms with van der Waals surface area (Å²) >= 11 is 0. The van der Waals surface area contributed by atoms with E-state index in [1.54, 1.807) is 12.1 Å². The van der Waals surface area contributed by atoms with Gasteiger partial charge in [0, 0.05) is 6.42 Å². The minimum Gasteiger partial charge on any atom is -0.317 e. The second-order valence-corrected chi connectivity index (χ2v) is 4.48. The van der Waals surface area contributed by atoms with Crippen LogP contribution >= 0.6 is 0 Å². The van der Waals surface area contributed by atoms with Gasteiger partial charge in [-0.3, -0.25) is 4.79 Å². The van der Waals surface area contributed by atoms with Crippen molar-refractivity contribution in [2.45, 2.75) is 12.3 Å². The predicted octanol–water partition coefficient (Wildman–Crippen LogP) is 4.10. The van der Waals surface area contributed by atoms with Gasteiger partial charge >= 0.3 is 0 Å². The van der Waals surface area contributed by atoms with Crippen LogP contribution < -0.4 is 0 Å². The Labute approximate surface area is 117 Å². The van der Waals surface area contributed by atoms with Crippen LogP contribution in [0.4, 0.5) is 4.39 Å². The number of Topliss-reactive ketones (excluding diaryl/α,β-unsaturated/α-hetero) is 1. The summed E-state index contributed by atoms with van der Waals surface area (Å²) in [6, 6.07) is 15.2. The quantitative estimate of drug-likeness (QED) is 0.590. The molecule has 0 spiro atoms. The van der Waals surface area contributed by atoms with Gasteiger partial charge in [-0.2, -0.15) is 0 Å². The maximum atomic E-state index is 13.8. The molecule has 2 aromatic rings. The lowest BCUT2D eigenvalue weighted by Gasteiger charge is -2.14. The van der Waals surface area contributed by atoms with Gasteiger partial charge < -0.3 is 4.85 Å². The van der Waals surface area contributed by atoms with Gasteiger partial charge in [0.25, 0.3) is 0 Å². The maximum Gasteiger partial charge on any atom is 0.215 e. The van der Waals surface area contributed by atoms with Crippen LogP contribution in [0.5, 0.6) is 0 Å². The average molecular weight is 267 g/mol. The lowest BCUT2D eigenvalue weighted by atomic mass is 9.88. The van der Waals surface area contributed by atoms with Gasteiger partial charge in [-0.25, -0.2) is 11.0 Å². The topological polar surface area (TPSA) is 21.4 Å². The largest absolute Gasteiger partial charge is 0.317 e. The molecule has 0 fully saturated rings. The highest BCUT2D eigenvalue weighted by atomic mass is 19.1. The number of nitrogens with zero attached hydrogens (tertiary/aromatic N) is 1. The van der Waals surface area contributed by atoms with Crippen LogP contribution in [-0.4, -0.2) is 12.3 Å². The highest BCUT2D eigenvalue weighted by Crippen LogP contribution is 2.25. The number of halogens is 1. The van der Waals surface area contributed by atoms with Crippen molar-refractivity contribution >= 4 is 5.78 Å². The summed E-state index contributed by atoms with van der Waals surface area (Å²) in [5, 5.41) is 0. The number of rotatable bonds is 5. The van der Waals surface area contributed by atoms with Crippen LogP contribution in [0.15, 0.2) is 54.6 Å². The van der Waals surface area contributed by atoms with Gasteiger partial charge in [0.15, 0.2) is 5.78 Å². The molecule has 1 atom stereocenters. The molecule has 1 unspecified atom stereocenters. The molecule has 100 valence electrons. The Morgan fingerprint density at radius 2 is 1.75 bits per heavy atom. The fraction of sp³-hybridized carbons (Fsp3) is 0.176. The average Bonchev–Trinajstić information content (AvgIpc) is 2.49. The Balaban J connectivity index is 2.35. The molecule has 0 aliphatic rings. The molecule has 20 heavy (non-hydrogen) atoms. The molecule has 2 aromatic carbocycles. The molecule has 2 nitrogen and oxygen atoms in total. The van der Waals surface area contributed by atoms with E-state index in [2.05, 4.69) is 4.85 Å². The first kappa shape index (κ1) is 14.0. The van der Waals surface area contributed by atoms with E-state index in [0.29, 0.717) is 6.42 Å². The molecule has 3 heteroatoms. The summed E-state index contributed by atoms with van der Waals surface area (Å²) in [4.78, 5) is 15.8. The smallest absolute Gasteiger partial charge is 0.215 e. The zero-order valence-corrected chi connectivity index (χ0v) is 10.9. The normalized spacial score (nSPS) is 11.6. The third kappa shape index (κ3) is 3.10. The second-order valence-electron chi connectivity index (χ2n) is 4.48. The van der Waals surface area contributed by atoms with E-state index < -0.39 is 11.7 Å². The van der Waals surface area contributed by atoms with Crippen LogP contribution in [0.3, 0.4) is 0 Å². The third-order valence-corrected chi connectivity index (χ3v) is 3.19. The molecule has 0 bridgehead atoms. The molecule has 0 aromatic heterocycles. The van der Waals surface area contributed by atoms with E-state index in [-0.39, 0.29) is 17.9 Å². The predicted molar refractivity (Wildman–Crippen MR) is 76.0 cm³/mol. The summed E-state index contributed by atoms with van der Waals surface area (Å²) in [6.45, 7) is 7.14. The summed E-state index contributed by atoms with van der Waals surface area (Å²) in [6.07, 6.45) is 0.403. The van der Waals surface area contributed by atoms with E-state index in [1.807, 2.05) is 30.3 Å². The Bertz CT molecular complexity index is 631. The molecule has 2 rings (SSSR count). The van der Waals surface area contributed by atoms with E-state index in [1.165, 1.54) is 12.1 Å². The van der Waals surface area contributed by atoms with Gasteiger partial charge in [-0.15, -0.1) is 0 Å². The van der Waals surface area contributed by atoms with Crippen LogP contribution in [0.1, 0.15) is 28.3 Å². The van der Waals surface area contributed by atoms with E-state index in [0.717, 1.165) is 5.56 Å². The molecular weight excluding hydrogens is 253 g/mol. The number of carbonyl (C=O) groups is 1. The highest BCUT2D eigenvalue weighted by molar-refractivity contribution is 6.01. The summed E-state index contributed by atoms with van der Waals surface area (Å²) < 4.78 is 13.8. The van der Waals surface area contributed by atoms with Gasteiger partial charge in [0.2, 0.25) is 6.54 Å². The SMILES string of the molecule is [C-]#[N+]CCC(C(=O)c1ccccc1F)c1ccccc1. The Morgan fingerprint density at radius 1 is 1.10 bits per heavy atom. The lowest BCUT2D eigenvalue weighted by molar-refractivity contribution is 0.0953. The van der Waals surface area contributed by atoms with Gasteiger partial charge in [0.05, 0.1) is 11.5 Å². The maximum absolute atomic E-state index is 13.8. The minimum absolute atomic E-state index is 0.0892. The van der Waals surface area contributed by atoms with Crippen LogP contribution in [0.2, 0.25) is 0 Å². The molecule has 0 amide bonds. The fourth-order valence-corrected chi connectivity index (χ4v) is 2.18. The number of hydrogen-bond acceptors (Lipinski definition) is 1. The van der Waals surface area contributed by atoms with Crippen molar-refractivity contribution in [1.82, 2.24) is 0 Å². The van der Waals surface area contributed by atoms with Crippen molar-refractivity contribution in [3.63, 3.8) is 0 Å². The molecule has 0 saturated heterocycles. The Morgan fingerprint density at radius 3 is 2.40 bits per heavy atom. The molecule has 0 aliphatic carbocycles. The Kier molecular flexibility index (Phi) is 4.62. The summed E-state index contributed by atoms with van der Waals surface area (Å²) in [5.74, 6) is -1.25. The monoisotopic (exact) mass is 267 g/mol. The van der Waals surface area contributed by atoms with Crippen LogP contribution in [0.25, 0.3) is 4.85 Å². The van der Waals surface area contributed by atoms with Crippen LogP contribution in [0, 0.1) is 12.4 Å². The van der Waals surface area contributed by atoms with Crippen molar-refractivity contribution in [1.29, 1.82) is 0 Å². The first-order chi connectivity index (χ1) is 9.74. The molecule has 0 heterocycles. The summed E-state index contributed by atoms with van der Waals surface area (Å²) in [7, 11) is 0. The second kappa shape index (κ2) is 6.63. The number of benzene rings is 2.